The minimum Gasteiger partial charge on any atom is -0.325 e. The number of carbonyl (C=O) groups excluding carboxylic acids is 2. The molecule has 30 heavy (non-hydrogen) atoms. The largest absolute Gasteiger partial charge is 0.325 e. The number of nitriles is 1. The number of hydrogen-bond donors (Lipinski definition) is 2. The van der Waals surface area contributed by atoms with Gasteiger partial charge in [0.15, 0.2) is 0 Å². The highest BCUT2D eigenvalue weighted by molar-refractivity contribution is 7.16. The second-order valence-corrected chi connectivity index (χ2v) is 8.76. The van der Waals surface area contributed by atoms with E-state index in [0.717, 1.165) is 48.9 Å². The number of hydrogen-bond acceptors (Lipinski definition) is 5. The summed E-state index contributed by atoms with van der Waals surface area (Å²) in [4.78, 5) is 27.8. The van der Waals surface area contributed by atoms with Crippen LogP contribution in [-0.2, 0) is 28.9 Å². The van der Waals surface area contributed by atoms with Crippen LogP contribution in [0.2, 0.25) is 0 Å². The highest BCUT2D eigenvalue weighted by Crippen LogP contribution is 2.36. The number of amides is 2. The first-order valence-corrected chi connectivity index (χ1v) is 11.2. The Morgan fingerprint density at radius 1 is 1.10 bits per heavy atom. The fraction of sp³-hybridized carbons (Fsp3) is 0.435. The molecule has 0 radical (unpaired) electrons. The number of benzene rings is 1. The summed E-state index contributed by atoms with van der Waals surface area (Å²) >= 11 is 1.52. The first-order valence-electron chi connectivity index (χ1n) is 10.4. The van der Waals surface area contributed by atoms with E-state index in [9.17, 15) is 14.9 Å². The average molecular weight is 425 g/mol. The normalized spacial score (nSPS) is 13.3. The third kappa shape index (κ3) is 5.47. The zero-order valence-corrected chi connectivity index (χ0v) is 18.4. The van der Waals surface area contributed by atoms with Crippen molar-refractivity contribution in [2.45, 2.75) is 45.4 Å². The Morgan fingerprint density at radius 3 is 2.53 bits per heavy atom. The minimum absolute atomic E-state index is 0.0796. The highest BCUT2D eigenvalue weighted by Gasteiger charge is 2.21. The number of fused-ring (bicyclic) bond motifs is 1. The molecule has 1 aromatic carbocycles. The summed E-state index contributed by atoms with van der Waals surface area (Å²) in [5.74, 6) is -0.376. The second kappa shape index (κ2) is 10.4. The molecule has 0 spiro atoms. The maximum atomic E-state index is 12.5. The molecule has 0 bridgehead atoms. The van der Waals surface area contributed by atoms with Gasteiger partial charge in [0.05, 0.1) is 18.7 Å². The Balaban J connectivity index is 1.56. The molecule has 7 heteroatoms. The molecule has 0 atom stereocenters. The highest BCUT2D eigenvalue weighted by atomic mass is 32.1. The number of aryl methyl sites for hydroxylation is 2. The fourth-order valence-corrected chi connectivity index (χ4v) is 5.06. The third-order valence-electron chi connectivity index (χ3n) is 5.29. The van der Waals surface area contributed by atoms with E-state index in [4.69, 9.17) is 0 Å². The molecule has 2 amide bonds. The van der Waals surface area contributed by atoms with Gasteiger partial charge >= 0.3 is 0 Å². The van der Waals surface area contributed by atoms with Gasteiger partial charge in [-0.3, -0.25) is 14.5 Å². The number of carbonyl (C=O) groups is 2. The van der Waals surface area contributed by atoms with Crippen LogP contribution in [0.5, 0.6) is 0 Å². The number of nitrogens with one attached hydrogen (secondary N) is 2. The first kappa shape index (κ1) is 22.0. The van der Waals surface area contributed by atoms with Gasteiger partial charge in [-0.25, -0.2) is 0 Å². The van der Waals surface area contributed by atoms with Crippen molar-refractivity contribution in [1.82, 2.24) is 4.90 Å². The van der Waals surface area contributed by atoms with Crippen molar-refractivity contribution in [1.29, 1.82) is 5.26 Å². The molecule has 0 fully saturated rings. The molecular formula is C23H28N4O2S. The van der Waals surface area contributed by atoms with Gasteiger partial charge in [-0.2, -0.15) is 5.26 Å². The van der Waals surface area contributed by atoms with Gasteiger partial charge in [-0.15, -0.1) is 11.3 Å². The van der Waals surface area contributed by atoms with E-state index >= 15 is 0 Å². The average Bonchev–Trinajstić information content (AvgIpc) is 2.87. The Morgan fingerprint density at radius 2 is 1.80 bits per heavy atom. The van der Waals surface area contributed by atoms with Crippen molar-refractivity contribution >= 4 is 33.8 Å². The molecule has 0 saturated heterocycles. The summed E-state index contributed by atoms with van der Waals surface area (Å²) in [6.07, 6.45) is 6.12. The van der Waals surface area contributed by atoms with Crippen LogP contribution in [0.25, 0.3) is 0 Å². The Bertz CT molecular complexity index is 961. The van der Waals surface area contributed by atoms with E-state index in [1.54, 1.807) is 11.9 Å². The van der Waals surface area contributed by atoms with Gasteiger partial charge in [0.1, 0.15) is 11.1 Å². The molecule has 2 N–H and O–H groups in total. The molecule has 1 aromatic heterocycles. The molecule has 0 aliphatic heterocycles. The van der Waals surface area contributed by atoms with E-state index < -0.39 is 0 Å². The molecule has 2 aromatic rings. The minimum atomic E-state index is -0.216. The van der Waals surface area contributed by atoms with E-state index in [2.05, 4.69) is 16.7 Å². The van der Waals surface area contributed by atoms with Crippen LogP contribution in [0.1, 0.15) is 47.8 Å². The second-order valence-electron chi connectivity index (χ2n) is 7.66. The number of anilines is 2. The van der Waals surface area contributed by atoms with Crippen molar-refractivity contribution in [2.75, 3.05) is 30.8 Å². The SMILES string of the molecule is CCc1ccccc1NC(=O)CN(C)CC(=O)Nc1sc2c(c1C#N)CCCCC2. The Hall–Kier alpha value is -2.69. The number of nitrogens with zero attached hydrogens (tertiary/aromatic N) is 2. The maximum Gasteiger partial charge on any atom is 0.239 e. The predicted octanol–water partition coefficient (Wildman–Crippen LogP) is 3.96. The summed E-state index contributed by atoms with van der Waals surface area (Å²) in [7, 11) is 1.74. The number of para-hydroxylation sites is 1. The van der Waals surface area contributed by atoms with Crippen LogP contribution in [0, 0.1) is 11.3 Å². The topological polar surface area (TPSA) is 85.2 Å². The lowest BCUT2D eigenvalue weighted by molar-refractivity contribution is -0.119. The van der Waals surface area contributed by atoms with E-state index in [0.29, 0.717) is 10.6 Å². The summed E-state index contributed by atoms with van der Waals surface area (Å²) < 4.78 is 0. The lowest BCUT2D eigenvalue weighted by Crippen LogP contribution is -2.36. The van der Waals surface area contributed by atoms with E-state index in [1.165, 1.54) is 22.6 Å². The maximum absolute atomic E-state index is 12.5. The quantitative estimate of drug-likeness (QED) is 0.659. The number of rotatable bonds is 7. The standard InChI is InChI=1S/C23H28N4O2S/c1-3-16-9-7-8-11-19(16)25-21(28)14-27(2)15-22(29)26-23-18(13-24)17-10-5-4-6-12-20(17)30-23/h7-9,11H,3-6,10,12,14-15H2,1-2H3,(H,25,28)(H,26,29). The van der Waals surface area contributed by atoms with Gasteiger partial charge < -0.3 is 10.6 Å². The molecular weight excluding hydrogens is 396 g/mol. The number of thiophene rings is 1. The molecule has 1 heterocycles. The van der Waals surface area contributed by atoms with E-state index in [1.807, 2.05) is 31.2 Å². The molecule has 3 rings (SSSR count). The Kier molecular flexibility index (Phi) is 7.61. The zero-order chi connectivity index (χ0) is 21.5. The zero-order valence-electron chi connectivity index (χ0n) is 17.6. The van der Waals surface area contributed by atoms with Crippen LogP contribution in [0.4, 0.5) is 10.7 Å². The number of likely N-dealkylation sites (N-methyl/N-ethyl adjacent to an activating group) is 1. The van der Waals surface area contributed by atoms with Crippen LogP contribution >= 0.6 is 11.3 Å². The third-order valence-corrected chi connectivity index (χ3v) is 6.49. The summed E-state index contributed by atoms with van der Waals surface area (Å²) in [5, 5.41) is 16.1. The van der Waals surface area contributed by atoms with Crippen molar-refractivity contribution in [3.8, 4) is 6.07 Å². The van der Waals surface area contributed by atoms with Crippen LogP contribution in [-0.4, -0.2) is 36.9 Å². The van der Waals surface area contributed by atoms with E-state index in [-0.39, 0.29) is 24.9 Å². The van der Waals surface area contributed by atoms with Crippen molar-refractivity contribution in [3.63, 3.8) is 0 Å². The van der Waals surface area contributed by atoms with Gasteiger partial charge in [0, 0.05) is 10.6 Å². The van der Waals surface area contributed by atoms with Gasteiger partial charge in [-0.05, 0) is 56.3 Å². The van der Waals surface area contributed by atoms with Gasteiger partial charge in [0.25, 0.3) is 0 Å². The molecule has 0 saturated carbocycles. The van der Waals surface area contributed by atoms with Gasteiger partial charge in [-0.1, -0.05) is 31.5 Å². The predicted molar refractivity (Wildman–Crippen MR) is 121 cm³/mol. The van der Waals surface area contributed by atoms with Crippen molar-refractivity contribution < 1.29 is 9.59 Å². The molecule has 0 unspecified atom stereocenters. The molecule has 1 aliphatic carbocycles. The summed E-state index contributed by atoms with van der Waals surface area (Å²) in [6.45, 7) is 2.23. The van der Waals surface area contributed by atoms with Crippen LogP contribution in [0.3, 0.4) is 0 Å². The fourth-order valence-electron chi connectivity index (χ4n) is 3.80. The lowest BCUT2D eigenvalue weighted by atomic mass is 10.1. The molecule has 158 valence electrons. The molecule has 1 aliphatic rings. The summed E-state index contributed by atoms with van der Waals surface area (Å²) in [6, 6.07) is 9.99. The lowest BCUT2D eigenvalue weighted by Gasteiger charge is -2.16. The van der Waals surface area contributed by atoms with Crippen molar-refractivity contribution in [2.24, 2.45) is 0 Å². The smallest absolute Gasteiger partial charge is 0.239 e. The Labute approximate surface area is 181 Å². The first-order chi connectivity index (χ1) is 14.5. The monoisotopic (exact) mass is 424 g/mol. The van der Waals surface area contributed by atoms with Crippen molar-refractivity contribution in [3.05, 3.63) is 45.8 Å². The van der Waals surface area contributed by atoms with Crippen LogP contribution < -0.4 is 10.6 Å². The molecule has 6 nitrogen and oxygen atoms in total. The van der Waals surface area contributed by atoms with Crippen LogP contribution in [0.15, 0.2) is 24.3 Å². The van der Waals surface area contributed by atoms with Gasteiger partial charge in [0.2, 0.25) is 11.8 Å². The summed E-state index contributed by atoms with van der Waals surface area (Å²) in [5.41, 5.74) is 3.61.